The number of nitrogens with one attached hydrogen (secondary N) is 1. The Hall–Kier alpha value is -2.02. The minimum atomic E-state index is -0.225. The molecule has 1 aromatic rings. The number of aryl methyl sites for hydroxylation is 1. The van der Waals surface area contributed by atoms with Crippen molar-refractivity contribution in [1.82, 2.24) is 9.88 Å². The fourth-order valence-corrected chi connectivity index (χ4v) is 4.49. The van der Waals surface area contributed by atoms with Crippen LogP contribution in [0.4, 0.5) is 0 Å². The predicted octanol–water partition coefficient (Wildman–Crippen LogP) is 4.58. The molecule has 0 saturated heterocycles. The third-order valence-corrected chi connectivity index (χ3v) is 5.82. The Bertz CT molecular complexity index is 695. The van der Waals surface area contributed by atoms with E-state index >= 15 is 0 Å². The molecule has 0 unspecified atom stereocenters. The second-order valence-corrected chi connectivity index (χ2v) is 7.61. The quantitative estimate of drug-likeness (QED) is 0.645. The third kappa shape index (κ3) is 3.98. The van der Waals surface area contributed by atoms with Crippen molar-refractivity contribution in [3.63, 3.8) is 0 Å². The first-order valence-corrected chi connectivity index (χ1v) is 9.71. The lowest BCUT2D eigenvalue weighted by atomic mass is 9.95. The highest BCUT2D eigenvalue weighted by Crippen LogP contribution is 2.32. The van der Waals surface area contributed by atoms with Crippen molar-refractivity contribution in [2.24, 2.45) is 0 Å². The van der Waals surface area contributed by atoms with Gasteiger partial charge in [0.25, 0.3) is 5.91 Å². The highest BCUT2D eigenvalue weighted by Gasteiger charge is 2.22. The summed E-state index contributed by atoms with van der Waals surface area (Å²) in [4.78, 5) is 12.4. The zero-order valence-electron chi connectivity index (χ0n) is 15.5. The second-order valence-electron chi connectivity index (χ2n) is 7.61. The van der Waals surface area contributed by atoms with Gasteiger partial charge in [-0.2, -0.15) is 5.26 Å². The standard InChI is InChI=1S/C21H29N3O/c1-15-12-17(16(2)24(15)20-10-4-3-5-11-20)13-18(14-22)21(25)23-19-8-6-7-9-19/h12-13,19-20H,3-11H2,1-2H3,(H,23,25)/b18-13-. The van der Waals surface area contributed by atoms with Crippen molar-refractivity contribution in [3.8, 4) is 6.07 Å². The SMILES string of the molecule is Cc1cc(/C=C(/C#N)C(=O)NC2CCCC2)c(C)n1C1CCCCC1. The molecular formula is C21H29N3O. The van der Waals surface area contributed by atoms with Crippen LogP contribution in [0.2, 0.25) is 0 Å². The Morgan fingerprint density at radius 1 is 1.16 bits per heavy atom. The number of hydrogen-bond donors (Lipinski definition) is 1. The monoisotopic (exact) mass is 339 g/mol. The normalized spacial score (nSPS) is 19.8. The highest BCUT2D eigenvalue weighted by atomic mass is 16.1. The summed E-state index contributed by atoms with van der Waals surface area (Å²) >= 11 is 0. The number of rotatable bonds is 4. The lowest BCUT2D eigenvalue weighted by Gasteiger charge is -2.26. The van der Waals surface area contributed by atoms with Crippen LogP contribution >= 0.6 is 0 Å². The molecule has 2 aliphatic carbocycles. The van der Waals surface area contributed by atoms with E-state index in [0.717, 1.165) is 18.4 Å². The number of nitriles is 1. The van der Waals surface area contributed by atoms with Gasteiger partial charge in [0.1, 0.15) is 11.6 Å². The van der Waals surface area contributed by atoms with Gasteiger partial charge in [0.15, 0.2) is 0 Å². The van der Waals surface area contributed by atoms with E-state index in [-0.39, 0.29) is 17.5 Å². The van der Waals surface area contributed by atoms with Gasteiger partial charge < -0.3 is 9.88 Å². The van der Waals surface area contributed by atoms with Crippen molar-refractivity contribution >= 4 is 12.0 Å². The largest absolute Gasteiger partial charge is 0.349 e. The smallest absolute Gasteiger partial charge is 0.262 e. The Labute approximate surface area is 150 Å². The van der Waals surface area contributed by atoms with Crippen LogP contribution in [0.3, 0.4) is 0 Å². The molecule has 2 saturated carbocycles. The van der Waals surface area contributed by atoms with Crippen molar-refractivity contribution < 1.29 is 4.79 Å². The molecule has 0 radical (unpaired) electrons. The Morgan fingerprint density at radius 2 is 1.80 bits per heavy atom. The molecule has 4 heteroatoms. The molecular weight excluding hydrogens is 310 g/mol. The molecule has 134 valence electrons. The van der Waals surface area contributed by atoms with Crippen LogP contribution in [-0.2, 0) is 4.79 Å². The van der Waals surface area contributed by atoms with Crippen LogP contribution < -0.4 is 5.32 Å². The van der Waals surface area contributed by atoms with Gasteiger partial charge in [0.05, 0.1) is 0 Å². The Kier molecular flexibility index (Phi) is 5.63. The predicted molar refractivity (Wildman–Crippen MR) is 100 cm³/mol. The van der Waals surface area contributed by atoms with E-state index in [1.807, 2.05) is 0 Å². The van der Waals surface area contributed by atoms with E-state index in [9.17, 15) is 10.1 Å². The summed E-state index contributed by atoms with van der Waals surface area (Å²) in [6, 6.07) is 5.01. The van der Waals surface area contributed by atoms with Crippen molar-refractivity contribution in [2.45, 2.75) is 83.7 Å². The minimum Gasteiger partial charge on any atom is -0.349 e. The fourth-order valence-electron chi connectivity index (χ4n) is 4.49. The zero-order valence-corrected chi connectivity index (χ0v) is 15.5. The van der Waals surface area contributed by atoms with Gasteiger partial charge in [-0.1, -0.05) is 32.1 Å². The summed E-state index contributed by atoms with van der Waals surface area (Å²) in [7, 11) is 0. The van der Waals surface area contributed by atoms with Gasteiger partial charge in [-0.3, -0.25) is 4.79 Å². The van der Waals surface area contributed by atoms with Crippen LogP contribution in [-0.4, -0.2) is 16.5 Å². The van der Waals surface area contributed by atoms with Crippen molar-refractivity contribution in [3.05, 3.63) is 28.6 Å². The van der Waals surface area contributed by atoms with E-state index in [1.165, 1.54) is 56.3 Å². The summed E-state index contributed by atoms with van der Waals surface area (Å²) in [5, 5.41) is 12.5. The number of amides is 1. The van der Waals surface area contributed by atoms with Crippen LogP contribution in [0.1, 0.15) is 80.8 Å². The molecule has 25 heavy (non-hydrogen) atoms. The first kappa shape index (κ1) is 17.8. The fraction of sp³-hybridized carbons (Fsp3) is 0.619. The number of nitrogens with zero attached hydrogens (tertiary/aromatic N) is 2. The first-order valence-electron chi connectivity index (χ1n) is 9.71. The Morgan fingerprint density at radius 3 is 2.44 bits per heavy atom. The molecule has 1 aromatic heterocycles. The maximum absolute atomic E-state index is 12.4. The van der Waals surface area contributed by atoms with E-state index in [0.29, 0.717) is 6.04 Å². The van der Waals surface area contributed by atoms with Gasteiger partial charge in [-0.25, -0.2) is 0 Å². The number of aromatic nitrogens is 1. The molecule has 2 fully saturated rings. The van der Waals surface area contributed by atoms with Gasteiger partial charge in [-0.15, -0.1) is 0 Å². The van der Waals surface area contributed by atoms with Crippen molar-refractivity contribution in [1.29, 1.82) is 5.26 Å². The summed E-state index contributed by atoms with van der Waals surface area (Å²) < 4.78 is 2.41. The molecule has 3 rings (SSSR count). The lowest BCUT2D eigenvalue weighted by molar-refractivity contribution is -0.117. The average molecular weight is 339 g/mol. The van der Waals surface area contributed by atoms with Gasteiger partial charge in [0, 0.05) is 23.5 Å². The number of hydrogen-bond acceptors (Lipinski definition) is 2. The highest BCUT2D eigenvalue weighted by molar-refractivity contribution is 6.02. The van der Waals surface area contributed by atoms with E-state index in [1.54, 1.807) is 6.08 Å². The number of carbonyl (C=O) groups is 1. The molecule has 0 aliphatic heterocycles. The van der Waals surface area contributed by atoms with E-state index in [2.05, 4.69) is 35.9 Å². The van der Waals surface area contributed by atoms with E-state index in [4.69, 9.17) is 0 Å². The topological polar surface area (TPSA) is 57.8 Å². The van der Waals surface area contributed by atoms with Crippen LogP contribution in [0, 0.1) is 25.2 Å². The zero-order chi connectivity index (χ0) is 17.8. The molecule has 1 amide bonds. The van der Waals surface area contributed by atoms with Gasteiger partial charge >= 0.3 is 0 Å². The lowest BCUT2D eigenvalue weighted by Crippen LogP contribution is -2.33. The average Bonchev–Trinajstić information content (AvgIpc) is 3.21. The molecule has 0 bridgehead atoms. The molecule has 0 spiro atoms. The first-order chi connectivity index (χ1) is 12.1. The maximum atomic E-state index is 12.4. The van der Waals surface area contributed by atoms with Crippen LogP contribution in [0.5, 0.6) is 0 Å². The van der Waals surface area contributed by atoms with Gasteiger partial charge in [0.2, 0.25) is 0 Å². The minimum absolute atomic E-state index is 0.218. The van der Waals surface area contributed by atoms with E-state index < -0.39 is 0 Å². The summed E-state index contributed by atoms with van der Waals surface area (Å²) in [6.45, 7) is 4.24. The van der Waals surface area contributed by atoms with Gasteiger partial charge in [-0.05, 0) is 57.2 Å². The molecule has 0 atom stereocenters. The van der Waals surface area contributed by atoms with Crippen LogP contribution in [0.15, 0.2) is 11.6 Å². The number of carbonyl (C=O) groups excluding carboxylic acids is 1. The second kappa shape index (κ2) is 7.91. The third-order valence-electron chi connectivity index (χ3n) is 5.82. The summed E-state index contributed by atoms with van der Waals surface area (Å²) in [5.41, 5.74) is 3.62. The summed E-state index contributed by atoms with van der Waals surface area (Å²) in [6.07, 6.45) is 12.5. The molecule has 0 aromatic carbocycles. The molecule has 4 nitrogen and oxygen atoms in total. The molecule has 1 N–H and O–H groups in total. The molecule has 2 aliphatic rings. The summed E-state index contributed by atoms with van der Waals surface area (Å²) in [5.74, 6) is -0.225. The van der Waals surface area contributed by atoms with Crippen LogP contribution in [0.25, 0.3) is 6.08 Å². The maximum Gasteiger partial charge on any atom is 0.262 e. The molecule has 1 heterocycles. The Balaban J connectivity index is 1.81. The van der Waals surface area contributed by atoms with Crippen molar-refractivity contribution in [2.75, 3.05) is 0 Å².